The maximum atomic E-state index is 12.6. The first-order valence-corrected chi connectivity index (χ1v) is 9.88. The van der Waals surface area contributed by atoms with Crippen molar-refractivity contribution in [3.63, 3.8) is 0 Å². The molecule has 2 rings (SSSR count). The lowest BCUT2D eigenvalue weighted by atomic mass is 10.0. The average molecular weight is 363 g/mol. The van der Waals surface area contributed by atoms with Gasteiger partial charge in [-0.25, -0.2) is 8.42 Å². The van der Waals surface area contributed by atoms with Crippen LogP contribution >= 0.6 is 0 Å². The van der Waals surface area contributed by atoms with Crippen LogP contribution in [0.2, 0.25) is 0 Å². The van der Waals surface area contributed by atoms with E-state index in [-0.39, 0.29) is 4.90 Å². The summed E-state index contributed by atoms with van der Waals surface area (Å²) in [6, 6.07) is 11.9. The van der Waals surface area contributed by atoms with Crippen LogP contribution in [0.1, 0.15) is 39.2 Å². The van der Waals surface area contributed by atoms with E-state index in [1.54, 1.807) is 30.3 Å². The number of benzene rings is 2. The van der Waals surface area contributed by atoms with Crippen molar-refractivity contribution in [1.29, 1.82) is 0 Å². The number of rotatable bonds is 8. The molecular weight excluding hydrogens is 338 g/mol. The fourth-order valence-electron chi connectivity index (χ4n) is 2.36. The molecule has 2 aromatic carbocycles. The third-order valence-corrected chi connectivity index (χ3v) is 5.05. The summed E-state index contributed by atoms with van der Waals surface area (Å²) < 4.78 is 38.8. The van der Waals surface area contributed by atoms with Crippen molar-refractivity contribution in [1.82, 2.24) is 0 Å². The van der Waals surface area contributed by atoms with Gasteiger partial charge in [0.2, 0.25) is 0 Å². The Kier molecular flexibility index (Phi) is 6.31. The zero-order chi connectivity index (χ0) is 18.4. The van der Waals surface area contributed by atoms with Gasteiger partial charge in [-0.15, -0.1) is 0 Å². The fourth-order valence-corrected chi connectivity index (χ4v) is 3.41. The van der Waals surface area contributed by atoms with Crippen LogP contribution in [0.25, 0.3) is 0 Å². The molecular formula is C19H25NO4S. The largest absolute Gasteiger partial charge is 0.490 e. The topological polar surface area (TPSA) is 64.6 Å². The highest BCUT2D eigenvalue weighted by molar-refractivity contribution is 7.92. The summed E-state index contributed by atoms with van der Waals surface area (Å²) in [6.45, 7) is 8.85. The van der Waals surface area contributed by atoms with Crippen LogP contribution in [-0.4, -0.2) is 21.6 Å². The van der Waals surface area contributed by atoms with E-state index in [2.05, 4.69) is 18.6 Å². The molecule has 0 aliphatic heterocycles. The predicted molar refractivity (Wildman–Crippen MR) is 100 cm³/mol. The van der Waals surface area contributed by atoms with Gasteiger partial charge in [0.15, 0.2) is 11.5 Å². The lowest BCUT2D eigenvalue weighted by Gasteiger charge is -2.14. The van der Waals surface area contributed by atoms with Gasteiger partial charge in [0.25, 0.3) is 10.0 Å². The summed E-state index contributed by atoms with van der Waals surface area (Å²) in [6.07, 6.45) is 0. The van der Waals surface area contributed by atoms with Gasteiger partial charge in [-0.2, -0.15) is 0 Å². The van der Waals surface area contributed by atoms with E-state index < -0.39 is 10.0 Å². The molecule has 0 bridgehead atoms. The first-order valence-electron chi connectivity index (χ1n) is 8.39. The van der Waals surface area contributed by atoms with E-state index >= 15 is 0 Å². The first-order chi connectivity index (χ1) is 11.9. The summed E-state index contributed by atoms with van der Waals surface area (Å²) in [5, 5.41) is 0. The Labute approximate surface area is 150 Å². The van der Waals surface area contributed by atoms with Gasteiger partial charge < -0.3 is 9.47 Å². The summed E-state index contributed by atoms with van der Waals surface area (Å²) in [4.78, 5) is 0.226. The smallest absolute Gasteiger partial charge is 0.261 e. The zero-order valence-electron chi connectivity index (χ0n) is 15.1. The van der Waals surface area contributed by atoms with E-state index in [4.69, 9.17) is 9.47 Å². The molecule has 0 unspecified atom stereocenters. The van der Waals surface area contributed by atoms with Crippen molar-refractivity contribution in [2.75, 3.05) is 17.9 Å². The van der Waals surface area contributed by atoms with Crippen molar-refractivity contribution in [2.45, 2.75) is 38.5 Å². The summed E-state index contributed by atoms with van der Waals surface area (Å²) in [5.41, 5.74) is 1.53. The molecule has 0 aromatic heterocycles. The number of hydrogen-bond donors (Lipinski definition) is 1. The van der Waals surface area contributed by atoms with Gasteiger partial charge in [-0.05, 0) is 49.6 Å². The minimum Gasteiger partial charge on any atom is -0.490 e. The van der Waals surface area contributed by atoms with Crippen LogP contribution in [0.4, 0.5) is 5.69 Å². The molecule has 25 heavy (non-hydrogen) atoms. The van der Waals surface area contributed by atoms with Gasteiger partial charge in [-0.1, -0.05) is 26.0 Å². The van der Waals surface area contributed by atoms with Crippen LogP contribution in [0.5, 0.6) is 11.5 Å². The van der Waals surface area contributed by atoms with Crippen LogP contribution in [0.3, 0.4) is 0 Å². The van der Waals surface area contributed by atoms with Crippen LogP contribution in [0, 0.1) is 0 Å². The Morgan fingerprint density at radius 1 is 0.920 bits per heavy atom. The highest BCUT2D eigenvalue weighted by Crippen LogP contribution is 2.31. The summed E-state index contributed by atoms with van der Waals surface area (Å²) in [7, 11) is -3.66. The van der Waals surface area contributed by atoms with E-state index in [9.17, 15) is 8.42 Å². The number of anilines is 1. The lowest BCUT2D eigenvalue weighted by Crippen LogP contribution is -2.13. The third kappa shape index (κ3) is 4.89. The molecule has 0 amide bonds. The molecule has 0 atom stereocenters. The molecule has 0 spiro atoms. The molecule has 0 aliphatic rings. The maximum Gasteiger partial charge on any atom is 0.261 e. The molecule has 6 heteroatoms. The minimum absolute atomic E-state index is 0.226. The highest BCUT2D eigenvalue weighted by Gasteiger charge is 2.16. The molecule has 0 radical (unpaired) electrons. The second-order valence-corrected chi connectivity index (χ2v) is 7.54. The van der Waals surface area contributed by atoms with E-state index in [1.807, 2.05) is 26.0 Å². The van der Waals surface area contributed by atoms with Gasteiger partial charge in [0.05, 0.1) is 23.8 Å². The molecule has 0 saturated heterocycles. The Hall–Kier alpha value is -2.21. The molecule has 5 nitrogen and oxygen atoms in total. The molecule has 0 heterocycles. The van der Waals surface area contributed by atoms with Crippen LogP contribution < -0.4 is 14.2 Å². The monoisotopic (exact) mass is 363 g/mol. The van der Waals surface area contributed by atoms with Gasteiger partial charge in [0.1, 0.15) is 0 Å². The molecule has 0 fully saturated rings. The van der Waals surface area contributed by atoms with Crippen LogP contribution in [-0.2, 0) is 10.0 Å². The molecule has 2 aromatic rings. The number of nitrogens with one attached hydrogen (secondary N) is 1. The quantitative estimate of drug-likeness (QED) is 0.754. The van der Waals surface area contributed by atoms with Gasteiger partial charge >= 0.3 is 0 Å². The summed E-state index contributed by atoms with van der Waals surface area (Å²) in [5.74, 6) is 1.46. The molecule has 136 valence electrons. The van der Waals surface area contributed by atoms with Crippen molar-refractivity contribution in [3.05, 3.63) is 48.0 Å². The van der Waals surface area contributed by atoms with Crippen molar-refractivity contribution in [3.8, 4) is 11.5 Å². The van der Waals surface area contributed by atoms with Gasteiger partial charge in [0, 0.05) is 6.07 Å². The lowest BCUT2D eigenvalue weighted by molar-refractivity contribution is 0.288. The van der Waals surface area contributed by atoms with Crippen molar-refractivity contribution >= 4 is 15.7 Å². The average Bonchev–Trinajstić information content (AvgIpc) is 2.57. The van der Waals surface area contributed by atoms with E-state index in [0.29, 0.717) is 36.3 Å². The number of hydrogen-bond acceptors (Lipinski definition) is 4. The number of ether oxygens (including phenoxy) is 2. The Morgan fingerprint density at radius 3 is 2.08 bits per heavy atom. The van der Waals surface area contributed by atoms with E-state index in [1.165, 1.54) is 0 Å². The van der Waals surface area contributed by atoms with Crippen molar-refractivity contribution < 1.29 is 17.9 Å². The normalized spacial score (nSPS) is 11.4. The standard InChI is InChI=1S/C19H25NO4S/c1-5-23-18-12-9-16(13-19(18)24-6-2)20-25(21,22)17-10-7-15(8-11-17)14(3)4/h7-14,20H,5-6H2,1-4H3. The second kappa shape index (κ2) is 8.25. The molecule has 0 saturated carbocycles. The third-order valence-electron chi connectivity index (χ3n) is 3.65. The first kappa shape index (κ1) is 19.1. The second-order valence-electron chi connectivity index (χ2n) is 5.86. The number of sulfonamides is 1. The van der Waals surface area contributed by atoms with E-state index in [0.717, 1.165) is 5.56 Å². The maximum absolute atomic E-state index is 12.6. The summed E-state index contributed by atoms with van der Waals surface area (Å²) >= 11 is 0. The van der Waals surface area contributed by atoms with Gasteiger partial charge in [-0.3, -0.25) is 4.72 Å². The van der Waals surface area contributed by atoms with Crippen LogP contribution in [0.15, 0.2) is 47.4 Å². The van der Waals surface area contributed by atoms with Crippen molar-refractivity contribution in [2.24, 2.45) is 0 Å². The Morgan fingerprint density at radius 2 is 1.52 bits per heavy atom. The Balaban J connectivity index is 2.26. The Bertz CT molecular complexity index is 799. The predicted octanol–water partition coefficient (Wildman–Crippen LogP) is 4.41. The molecule has 0 aliphatic carbocycles. The highest BCUT2D eigenvalue weighted by atomic mass is 32.2. The minimum atomic E-state index is -3.66. The SMILES string of the molecule is CCOc1ccc(NS(=O)(=O)c2ccc(C(C)C)cc2)cc1OCC. The molecule has 1 N–H and O–H groups in total. The zero-order valence-corrected chi connectivity index (χ0v) is 15.9. The fraction of sp³-hybridized carbons (Fsp3) is 0.368.